The van der Waals surface area contributed by atoms with Crippen molar-refractivity contribution in [3.63, 3.8) is 0 Å². The standard InChI is InChI=1S/C18H31NO/c1-4-6-7-8-9-10-11-17(19)16-14-15(3)12-13-18(16)20-5-2/h12-14,17H,4-11,19H2,1-3H3. The van der Waals surface area contributed by atoms with Gasteiger partial charge in [0.1, 0.15) is 5.75 Å². The zero-order valence-corrected chi connectivity index (χ0v) is 13.5. The molecule has 0 radical (unpaired) electrons. The molecular formula is C18H31NO. The molecule has 0 aliphatic heterocycles. The molecule has 1 rings (SSSR count). The Morgan fingerprint density at radius 2 is 1.75 bits per heavy atom. The zero-order chi connectivity index (χ0) is 14.8. The van der Waals surface area contributed by atoms with Crippen molar-refractivity contribution in [1.82, 2.24) is 0 Å². The molecule has 0 aliphatic carbocycles. The predicted octanol–water partition coefficient (Wildman–Crippen LogP) is 5.14. The van der Waals surface area contributed by atoms with Crippen molar-refractivity contribution in [2.24, 2.45) is 5.73 Å². The number of nitrogens with two attached hydrogens (primary N) is 1. The highest BCUT2D eigenvalue weighted by atomic mass is 16.5. The van der Waals surface area contributed by atoms with Gasteiger partial charge in [-0.3, -0.25) is 0 Å². The summed E-state index contributed by atoms with van der Waals surface area (Å²) in [5, 5.41) is 0. The second-order valence-corrected chi connectivity index (χ2v) is 5.64. The highest BCUT2D eigenvalue weighted by Gasteiger charge is 2.12. The first kappa shape index (κ1) is 17.0. The van der Waals surface area contributed by atoms with Crippen LogP contribution in [0.4, 0.5) is 0 Å². The van der Waals surface area contributed by atoms with E-state index < -0.39 is 0 Å². The quantitative estimate of drug-likeness (QED) is 0.601. The van der Waals surface area contributed by atoms with E-state index in [9.17, 15) is 0 Å². The van der Waals surface area contributed by atoms with E-state index in [1.165, 1.54) is 49.7 Å². The molecule has 2 heteroatoms. The molecule has 2 nitrogen and oxygen atoms in total. The fourth-order valence-corrected chi connectivity index (χ4v) is 2.54. The van der Waals surface area contributed by atoms with E-state index in [1.54, 1.807) is 0 Å². The third kappa shape index (κ3) is 5.96. The van der Waals surface area contributed by atoms with Crippen LogP contribution in [0.1, 0.15) is 76.0 Å². The Morgan fingerprint density at radius 1 is 1.05 bits per heavy atom. The molecule has 0 aromatic heterocycles. The molecule has 1 aromatic carbocycles. The van der Waals surface area contributed by atoms with Gasteiger partial charge in [0.05, 0.1) is 6.61 Å². The first-order valence-electron chi connectivity index (χ1n) is 8.18. The van der Waals surface area contributed by atoms with Gasteiger partial charge in [-0.25, -0.2) is 0 Å². The number of unbranched alkanes of at least 4 members (excludes halogenated alkanes) is 5. The van der Waals surface area contributed by atoms with Crippen LogP contribution in [0.5, 0.6) is 5.75 Å². The van der Waals surface area contributed by atoms with Gasteiger partial charge in [0, 0.05) is 11.6 Å². The van der Waals surface area contributed by atoms with E-state index >= 15 is 0 Å². The minimum atomic E-state index is 0.0997. The number of aryl methyl sites for hydroxylation is 1. The molecule has 0 fully saturated rings. The van der Waals surface area contributed by atoms with Crippen LogP contribution >= 0.6 is 0 Å². The van der Waals surface area contributed by atoms with E-state index in [0.717, 1.165) is 12.2 Å². The summed E-state index contributed by atoms with van der Waals surface area (Å²) in [5.74, 6) is 0.955. The van der Waals surface area contributed by atoms with Crippen LogP contribution in [0.25, 0.3) is 0 Å². The summed E-state index contributed by atoms with van der Waals surface area (Å²) in [6.07, 6.45) is 8.93. The summed E-state index contributed by atoms with van der Waals surface area (Å²) in [5.41, 5.74) is 8.77. The molecule has 1 unspecified atom stereocenters. The van der Waals surface area contributed by atoms with Gasteiger partial charge in [-0.05, 0) is 26.3 Å². The summed E-state index contributed by atoms with van der Waals surface area (Å²) in [4.78, 5) is 0. The van der Waals surface area contributed by atoms with Crippen molar-refractivity contribution < 1.29 is 4.74 Å². The summed E-state index contributed by atoms with van der Waals surface area (Å²) in [6, 6.07) is 6.41. The van der Waals surface area contributed by atoms with Gasteiger partial charge in [-0.15, -0.1) is 0 Å². The van der Waals surface area contributed by atoms with Gasteiger partial charge in [-0.1, -0.05) is 63.1 Å². The topological polar surface area (TPSA) is 35.2 Å². The summed E-state index contributed by atoms with van der Waals surface area (Å²) in [7, 11) is 0. The lowest BCUT2D eigenvalue weighted by atomic mass is 9.98. The Hall–Kier alpha value is -1.02. The van der Waals surface area contributed by atoms with E-state index in [2.05, 4.69) is 32.0 Å². The monoisotopic (exact) mass is 277 g/mol. The average molecular weight is 277 g/mol. The van der Waals surface area contributed by atoms with Crippen molar-refractivity contribution in [1.29, 1.82) is 0 Å². The first-order chi connectivity index (χ1) is 9.69. The Labute approximate surface area is 124 Å². The highest BCUT2D eigenvalue weighted by molar-refractivity contribution is 5.39. The normalized spacial score (nSPS) is 12.4. The van der Waals surface area contributed by atoms with Crippen LogP contribution in [0.15, 0.2) is 18.2 Å². The number of ether oxygens (including phenoxy) is 1. The van der Waals surface area contributed by atoms with E-state index in [0.29, 0.717) is 6.61 Å². The summed E-state index contributed by atoms with van der Waals surface area (Å²) < 4.78 is 5.69. The van der Waals surface area contributed by atoms with Gasteiger partial charge < -0.3 is 10.5 Å². The number of hydrogen-bond acceptors (Lipinski definition) is 2. The molecule has 0 saturated carbocycles. The maximum absolute atomic E-state index is 6.36. The zero-order valence-electron chi connectivity index (χ0n) is 13.5. The molecule has 0 heterocycles. The Bertz CT molecular complexity index is 376. The second-order valence-electron chi connectivity index (χ2n) is 5.64. The predicted molar refractivity (Wildman–Crippen MR) is 87.3 cm³/mol. The number of rotatable bonds is 10. The maximum Gasteiger partial charge on any atom is 0.124 e. The summed E-state index contributed by atoms with van der Waals surface area (Å²) >= 11 is 0. The number of benzene rings is 1. The third-order valence-corrected chi connectivity index (χ3v) is 3.73. The van der Waals surface area contributed by atoms with Crippen molar-refractivity contribution in [2.45, 2.75) is 71.8 Å². The van der Waals surface area contributed by atoms with Crippen LogP contribution in [0, 0.1) is 6.92 Å². The molecular weight excluding hydrogens is 246 g/mol. The van der Waals surface area contributed by atoms with Crippen LogP contribution in [0.3, 0.4) is 0 Å². The molecule has 1 atom stereocenters. The lowest BCUT2D eigenvalue weighted by Crippen LogP contribution is -2.12. The van der Waals surface area contributed by atoms with Gasteiger partial charge in [0.15, 0.2) is 0 Å². The molecule has 2 N–H and O–H groups in total. The lowest BCUT2D eigenvalue weighted by Gasteiger charge is -2.17. The van der Waals surface area contributed by atoms with Gasteiger partial charge in [0.25, 0.3) is 0 Å². The lowest BCUT2D eigenvalue weighted by molar-refractivity contribution is 0.333. The van der Waals surface area contributed by atoms with E-state index in [-0.39, 0.29) is 6.04 Å². The summed E-state index contributed by atoms with van der Waals surface area (Å²) in [6.45, 7) is 7.07. The largest absolute Gasteiger partial charge is 0.494 e. The average Bonchev–Trinajstić information content (AvgIpc) is 2.44. The second kappa shape index (κ2) is 9.82. The van der Waals surface area contributed by atoms with Crippen molar-refractivity contribution in [3.8, 4) is 5.75 Å². The molecule has 1 aromatic rings. The smallest absolute Gasteiger partial charge is 0.124 e. The highest BCUT2D eigenvalue weighted by Crippen LogP contribution is 2.28. The van der Waals surface area contributed by atoms with Crippen LogP contribution in [-0.4, -0.2) is 6.61 Å². The SMILES string of the molecule is CCCCCCCCC(N)c1cc(C)ccc1OCC. The van der Waals surface area contributed by atoms with Gasteiger partial charge in [0.2, 0.25) is 0 Å². The third-order valence-electron chi connectivity index (χ3n) is 3.73. The van der Waals surface area contributed by atoms with Crippen LogP contribution in [-0.2, 0) is 0 Å². The van der Waals surface area contributed by atoms with Crippen molar-refractivity contribution in [3.05, 3.63) is 29.3 Å². The maximum atomic E-state index is 6.36. The molecule has 0 spiro atoms. The molecule has 0 saturated heterocycles. The molecule has 0 bridgehead atoms. The fraction of sp³-hybridized carbons (Fsp3) is 0.667. The van der Waals surface area contributed by atoms with Gasteiger partial charge >= 0.3 is 0 Å². The Balaban J connectivity index is 2.45. The first-order valence-corrected chi connectivity index (χ1v) is 8.18. The molecule has 114 valence electrons. The van der Waals surface area contributed by atoms with Gasteiger partial charge in [-0.2, -0.15) is 0 Å². The van der Waals surface area contributed by atoms with Crippen LogP contribution < -0.4 is 10.5 Å². The molecule has 0 aliphatic rings. The minimum absolute atomic E-state index is 0.0997. The Morgan fingerprint density at radius 3 is 2.45 bits per heavy atom. The Kier molecular flexibility index (Phi) is 8.36. The van der Waals surface area contributed by atoms with Crippen molar-refractivity contribution in [2.75, 3.05) is 6.61 Å². The fourth-order valence-electron chi connectivity index (χ4n) is 2.54. The molecule has 0 amide bonds. The number of hydrogen-bond donors (Lipinski definition) is 1. The molecule has 20 heavy (non-hydrogen) atoms. The van der Waals surface area contributed by atoms with E-state index in [4.69, 9.17) is 10.5 Å². The van der Waals surface area contributed by atoms with E-state index in [1.807, 2.05) is 6.92 Å². The van der Waals surface area contributed by atoms with Crippen molar-refractivity contribution >= 4 is 0 Å². The van der Waals surface area contributed by atoms with Crippen LogP contribution in [0.2, 0.25) is 0 Å². The minimum Gasteiger partial charge on any atom is -0.494 e.